The molecule has 1 saturated carbocycles. The molecule has 1 aliphatic carbocycles. The third-order valence-electron chi connectivity index (χ3n) is 3.97. The van der Waals surface area contributed by atoms with Gasteiger partial charge in [-0.3, -0.25) is 4.79 Å². The van der Waals surface area contributed by atoms with Crippen molar-refractivity contribution in [3.8, 4) is 0 Å². The third-order valence-corrected chi connectivity index (χ3v) is 3.97. The Hall–Kier alpha value is -1.89. The second-order valence-corrected chi connectivity index (χ2v) is 6.87. The maximum Gasteiger partial charge on any atom is 0.419 e. The van der Waals surface area contributed by atoms with Crippen molar-refractivity contribution in [1.29, 1.82) is 0 Å². The van der Waals surface area contributed by atoms with Crippen LogP contribution in [0.15, 0.2) is 12.5 Å². The Morgan fingerprint density at radius 2 is 2.00 bits per heavy atom. The number of hydrogen-bond donors (Lipinski definition) is 2. The van der Waals surface area contributed by atoms with E-state index in [1.807, 2.05) is 0 Å². The van der Waals surface area contributed by atoms with Gasteiger partial charge in [0.2, 0.25) is 0 Å². The molecule has 0 atom stereocenters. The minimum Gasteiger partial charge on any atom is -0.481 e. The molecule has 0 spiro atoms. The topological polar surface area (TPSA) is 107 Å². The summed E-state index contributed by atoms with van der Waals surface area (Å²) in [4.78, 5) is 28.0. The molecule has 0 saturated heterocycles. The Morgan fingerprint density at radius 1 is 1.41 bits per heavy atom. The highest BCUT2D eigenvalue weighted by Gasteiger charge is 2.45. The smallest absolute Gasteiger partial charge is 0.419 e. The first kappa shape index (κ1) is 16.5. The van der Waals surface area contributed by atoms with Gasteiger partial charge < -0.3 is 15.6 Å². The Bertz CT molecular complexity index is 566. The van der Waals surface area contributed by atoms with Crippen molar-refractivity contribution in [2.24, 2.45) is 5.73 Å². The molecule has 0 bridgehead atoms. The molecule has 1 fully saturated rings. The standard InChI is InChI=1S/C15H23N3O4/c1-14(2,3)22-13(21)18-8-11(17-9-18)15(12(19)20)6-4-10(16)5-7-15/h8-10H,4-7,16H2,1-3H3,(H,19,20). The van der Waals surface area contributed by atoms with Crippen LogP contribution in [0, 0.1) is 0 Å². The van der Waals surface area contributed by atoms with Gasteiger partial charge in [-0.1, -0.05) is 0 Å². The summed E-state index contributed by atoms with van der Waals surface area (Å²) in [6.07, 6.45) is 4.31. The normalized spacial score (nSPS) is 25.7. The first-order chi connectivity index (χ1) is 10.1. The lowest BCUT2D eigenvalue weighted by molar-refractivity contribution is -0.145. The lowest BCUT2D eigenvalue weighted by atomic mass is 9.70. The fraction of sp³-hybridized carbons (Fsp3) is 0.667. The zero-order valence-corrected chi connectivity index (χ0v) is 13.2. The third kappa shape index (κ3) is 3.30. The van der Waals surface area contributed by atoms with Crippen LogP contribution in [0.1, 0.15) is 52.1 Å². The minimum absolute atomic E-state index is 0.0282. The molecular weight excluding hydrogens is 286 g/mol. The van der Waals surface area contributed by atoms with E-state index in [-0.39, 0.29) is 6.04 Å². The van der Waals surface area contributed by atoms with Gasteiger partial charge in [0.15, 0.2) is 0 Å². The summed E-state index contributed by atoms with van der Waals surface area (Å²) in [5.41, 5.74) is 4.56. The molecule has 0 amide bonds. The highest BCUT2D eigenvalue weighted by atomic mass is 16.6. The molecule has 0 unspecified atom stereocenters. The molecule has 0 aliphatic heterocycles. The zero-order valence-electron chi connectivity index (χ0n) is 13.2. The van der Waals surface area contributed by atoms with Gasteiger partial charge in [-0.2, -0.15) is 0 Å². The lowest BCUT2D eigenvalue weighted by Gasteiger charge is -2.34. The summed E-state index contributed by atoms with van der Waals surface area (Å²) in [5.74, 6) is -0.922. The first-order valence-corrected chi connectivity index (χ1v) is 7.41. The molecule has 1 aliphatic rings. The van der Waals surface area contributed by atoms with E-state index in [0.717, 1.165) is 0 Å². The van der Waals surface area contributed by atoms with E-state index in [9.17, 15) is 14.7 Å². The van der Waals surface area contributed by atoms with Crippen LogP contribution in [0.25, 0.3) is 0 Å². The van der Waals surface area contributed by atoms with E-state index in [1.54, 1.807) is 20.8 Å². The molecule has 7 heteroatoms. The largest absolute Gasteiger partial charge is 0.481 e. The van der Waals surface area contributed by atoms with Crippen molar-refractivity contribution in [1.82, 2.24) is 9.55 Å². The summed E-state index contributed by atoms with van der Waals surface area (Å²) in [6, 6.07) is 0.0282. The summed E-state index contributed by atoms with van der Waals surface area (Å²) >= 11 is 0. The van der Waals surface area contributed by atoms with Gasteiger partial charge >= 0.3 is 12.1 Å². The van der Waals surface area contributed by atoms with Crippen LogP contribution in [0.3, 0.4) is 0 Å². The molecule has 1 aromatic rings. The molecule has 7 nitrogen and oxygen atoms in total. The van der Waals surface area contributed by atoms with Gasteiger partial charge in [-0.25, -0.2) is 14.3 Å². The second kappa shape index (κ2) is 5.72. The number of nitrogens with zero attached hydrogens (tertiary/aromatic N) is 2. The highest BCUT2D eigenvalue weighted by Crippen LogP contribution is 2.38. The molecule has 0 aromatic carbocycles. The molecule has 1 aromatic heterocycles. The fourth-order valence-corrected chi connectivity index (χ4v) is 2.70. The van der Waals surface area contributed by atoms with E-state index < -0.39 is 23.1 Å². The van der Waals surface area contributed by atoms with Crippen LogP contribution in [0.5, 0.6) is 0 Å². The predicted molar refractivity (Wildman–Crippen MR) is 79.6 cm³/mol. The van der Waals surface area contributed by atoms with Crippen molar-refractivity contribution in [3.63, 3.8) is 0 Å². The quantitative estimate of drug-likeness (QED) is 0.863. The average Bonchev–Trinajstić information content (AvgIpc) is 2.87. The Labute approximate surface area is 129 Å². The van der Waals surface area contributed by atoms with Gasteiger partial charge in [0.1, 0.15) is 17.3 Å². The minimum atomic E-state index is -1.07. The van der Waals surface area contributed by atoms with Gasteiger partial charge in [-0.15, -0.1) is 0 Å². The van der Waals surface area contributed by atoms with Crippen molar-refractivity contribution in [3.05, 3.63) is 18.2 Å². The van der Waals surface area contributed by atoms with Crippen molar-refractivity contribution in [2.75, 3.05) is 0 Å². The average molecular weight is 309 g/mol. The summed E-state index contributed by atoms with van der Waals surface area (Å²) in [6.45, 7) is 5.30. The number of carboxylic acid groups (broad SMARTS) is 1. The van der Waals surface area contributed by atoms with Gasteiger partial charge in [0.05, 0.1) is 5.69 Å². The number of aliphatic carboxylic acids is 1. The Balaban J connectivity index is 2.25. The number of carbonyl (C=O) groups is 2. The maximum atomic E-state index is 12.0. The highest BCUT2D eigenvalue weighted by molar-refractivity contribution is 5.81. The summed E-state index contributed by atoms with van der Waals surface area (Å²) in [5, 5.41) is 9.66. The molecule has 1 heterocycles. The number of hydrogen-bond acceptors (Lipinski definition) is 5. The number of ether oxygens (including phenoxy) is 1. The van der Waals surface area contributed by atoms with Crippen LogP contribution in [-0.4, -0.2) is 38.4 Å². The van der Waals surface area contributed by atoms with Crippen LogP contribution >= 0.6 is 0 Å². The van der Waals surface area contributed by atoms with E-state index in [2.05, 4.69) is 4.98 Å². The number of aromatic nitrogens is 2. The van der Waals surface area contributed by atoms with E-state index in [4.69, 9.17) is 10.5 Å². The number of imidazole rings is 1. The van der Waals surface area contributed by atoms with E-state index in [0.29, 0.717) is 31.4 Å². The van der Waals surface area contributed by atoms with Crippen molar-refractivity contribution >= 4 is 12.1 Å². The SMILES string of the molecule is CC(C)(C)OC(=O)n1cnc(C2(C(=O)O)CCC(N)CC2)c1. The lowest BCUT2D eigenvalue weighted by Crippen LogP contribution is -2.43. The van der Waals surface area contributed by atoms with Crippen molar-refractivity contribution < 1.29 is 19.4 Å². The van der Waals surface area contributed by atoms with E-state index in [1.165, 1.54) is 17.1 Å². The van der Waals surface area contributed by atoms with Crippen LogP contribution in [-0.2, 0) is 14.9 Å². The van der Waals surface area contributed by atoms with E-state index >= 15 is 0 Å². The van der Waals surface area contributed by atoms with Crippen LogP contribution in [0.2, 0.25) is 0 Å². The van der Waals surface area contributed by atoms with Crippen molar-refractivity contribution in [2.45, 2.75) is 63.5 Å². The predicted octanol–water partition coefficient (Wildman–Crippen LogP) is 1.89. The monoisotopic (exact) mass is 309 g/mol. The fourth-order valence-electron chi connectivity index (χ4n) is 2.70. The number of nitrogens with two attached hydrogens (primary N) is 1. The number of carbonyl (C=O) groups excluding carboxylic acids is 1. The summed E-state index contributed by atoms with van der Waals surface area (Å²) in [7, 11) is 0. The first-order valence-electron chi connectivity index (χ1n) is 7.41. The molecule has 3 N–H and O–H groups in total. The molecule has 22 heavy (non-hydrogen) atoms. The van der Waals surface area contributed by atoms with Gasteiger partial charge in [0, 0.05) is 12.2 Å². The van der Waals surface area contributed by atoms with Gasteiger partial charge in [0.25, 0.3) is 0 Å². The van der Waals surface area contributed by atoms with Crippen LogP contribution in [0.4, 0.5) is 4.79 Å². The number of rotatable bonds is 2. The number of carboxylic acids is 1. The Kier molecular flexibility index (Phi) is 4.28. The maximum absolute atomic E-state index is 12.0. The molecule has 2 rings (SSSR count). The second-order valence-electron chi connectivity index (χ2n) is 6.87. The Morgan fingerprint density at radius 3 is 2.50 bits per heavy atom. The van der Waals surface area contributed by atoms with Crippen LogP contribution < -0.4 is 5.73 Å². The molecule has 122 valence electrons. The molecule has 0 radical (unpaired) electrons. The van der Waals surface area contributed by atoms with Gasteiger partial charge in [-0.05, 0) is 46.5 Å². The zero-order chi connectivity index (χ0) is 16.5. The summed E-state index contributed by atoms with van der Waals surface area (Å²) < 4.78 is 6.45. The molecular formula is C15H23N3O4.